The van der Waals surface area contributed by atoms with E-state index in [9.17, 15) is 9.59 Å². The number of carbonyl (C=O) groups excluding carboxylic acids is 2. The molecule has 2 saturated heterocycles. The zero-order chi connectivity index (χ0) is 15.2. The van der Waals surface area contributed by atoms with E-state index in [4.69, 9.17) is 0 Å². The van der Waals surface area contributed by atoms with Crippen LogP contribution in [0, 0.1) is 5.41 Å². The molecule has 1 unspecified atom stereocenters. The number of aromatic nitrogens is 1. The first kappa shape index (κ1) is 13.6. The van der Waals surface area contributed by atoms with Crippen LogP contribution in [-0.4, -0.2) is 41.3 Å². The first-order valence-corrected chi connectivity index (χ1v) is 8.36. The number of H-pyrrole nitrogens is 1. The van der Waals surface area contributed by atoms with Crippen molar-refractivity contribution in [1.82, 2.24) is 9.88 Å². The van der Waals surface area contributed by atoms with E-state index in [1.54, 1.807) is 29.8 Å². The number of amides is 2. The Morgan fingerprint density at radius 2 is 2.23 bits per heavy atom. The third kappa shape index (κ3) is 2.14. The number of anilines is 1. The molecule has 0 saturated carbocycles. The molecule has 0 aromatic carbocycles. The Kier molecular flexibility index (Phi) is 3.07. The monoisotopic (exact) mass is 315 g/mol. The van der Waals surface area contributed by atoms with Gasteiger partial charge in [-0.2, -0.15) is 11.3 Å². The second-order valence-corrected chi connectivity index (χ2v) is 6.99. The van der Waals surface area contributed by atoms with Gasteiger partial charge in [-0.15, -0.1) is 0 Å². The molecule has 0 aliphatic carbocycles. The summed E-state index contributed by atoms with van der Waals surface area (Å²) >= 11 is 1.60. The SMILES string of the molecule is O=C(c1cc[nH]c1)N1CCC2(CC(=O)N(c3ccsc3)C2)C1. The Morgan fingerprint density at radius 3 is 2.95 bits per heavy atom. The van der Waals surface area contributed by atoms with Crippen LogP contribution < -0.4 is 4.90 Å². The molecule has 0 radical (unpaired) electrons. The van der Waals surface area contributed by atoms with Crippen molar-refractivity contribution < 1.29 is 9.59 Å². The van der Waals surface area contributed by atoms with E-state index < -0.39 is 0 Å². The Labute approximate surface area is 132 Å². The molecule has 2 amide bonds. The maximum atomic E-state index is 12.4. The summed E-state index contributed by atoms with van der Waals surface area (Å²) in [5, 5.41) is 4.00. The van der Waals surface area contributed by atoms with Gasteiger partial charge in [0, 0.05) is 49.2 Å². The first-order chi connectivity index (χ1) is 10.7. The van der Waals surface area contributed by atoms with Crippen molar-refractivity contribution in [3.05, 3.63) is 40.8 Å². The molecule has 0 bridgehead atoms. The van der Waals surface area contributed by atoms with Crippen molar-refractivity contribution in [2.75, 3.05) is 24.5 Å². The van der Waals surface area contributed by atoms with Gasteiger partial charge in [0.1, 0.15) is 0 Å². The smallest absolute Gasteiger partial charge is 0.255 e. The molecule has 4 rings (SSSR count). The number of aromatic amines is 1. The summed E-state index contributed by atoms with van der Waals surface area (Å²) in [5.41, 5.74) is 1.60. The lowest BCUT2D eigenvalue weighted by atomic mass is 9.86. The molecular weight excluding hydrogens is 298 g/mol. The lowest BCUT2D eigenvalue weighted by Crippen LogP contribution is -2.34. The molecule has 2 aromatic heterocycles. The summed E-state index contributed by atoms with van der Waals surface area (Å²) in [7, 11) is 0. The van der Waals surface area contributed by atoms with E-state index in [0.717, 1.165) is 25.2 Å². The van der Waals surface area contributed by atoms with Crippen molar-refractivity contribution in [3.63, 3.8) is 0 Å². The van der Waals surface area contributed by atoms with Crippen LogP contribution in [0.2, 0.25) is 0 Å². The lowest BCUT2D eigenvalue weighted by Gasteiger charge is -2.23. The molecule has 1 N–H and O–H groups in total. The number of rotatable bonds is 2. The van der Waals surface area contributed by atoms with Gasteiger partial charge in [0.05, 0.1) is 11.3 Å². The number of hydrogen-bond acceptors (Lipinski definition) is 3. The molecule has 2 fully saturated rings. The average Bonchev–Trinajstić information content (AvgIpc) is 3.26. The van der Waals surface area contributed by atoms with Gasteiger partial charge in [0.2, 0.25) is 5.91 Å². The van der Waals surface area contributed by atoms with E-state index in [-0.39, 0.29) is 17.2 Å². The highest BCUT2D eigenvalue weighted by Gasteiger charge is 2.48. The van der Waals surface area contributed by atoms with E-state index in [0.29, 0.717) is 18.5 Å². The molecule has 2 aliphatic rings. The van der Waals surface area contributed by atoms with Crippen molar-refractivity contribution in [3.8, 4) is 0 Å². The van der Waals surface area contributed by atoms with Crippen molar-refractivity contribution in [2.24, 2.45) is 5.41 Å². The standard InChI is InChI=1S/C16H17N3O2S/c20-14-7-16(11-19(14)13-2-6-22-9-13)3-5-18(10-16)15(21)12-1-4-17-8-12/h1-2,4,6,8-9,17H,3,5,7,10-11H2. The third-order valence-corrected chi connectivity index (χ3v) is 5.38. The van der Waals surface area contributed by atoms with Crippen LogP contribution >= 0.6 is 11.3 Å². The quantitative estimate of drug-likeness (QED) is 0.925. The molecule has 114 valence electrons. The summed E-state index contributed by atoms with van der Waals surface area (Å²) < 4.78 is 0. The lowest BCUT2D eigenvalue weighted by molar-refractivity contribution is -0.117. The fourth-order valence-corrected chi connectivity index (χ4v) is 4.20. The van der Waals surface area contributed by atoms with Crippen LogP contribution in [0.25, 0.3) is 0 Å². The number of nitrogens with zero attached hydrogens (tertiary/aromatic N) is 2. The summed E-state index contributed by atoms with van der Waals surface area (Å²) in [5.74, 6) is 0.230. The van der Waals surface area contributed by atoms with Crippen molar-refractivity contribution in [2.45, 2.75) is 12.8 Å². The number of likely N-dealkylation sites (tertiary alicyclic amines) is 1. The van der Waals surface area contributed by atoms with Gasteiger partial charge in [-0.3, -0.25) is 9.59 Å². The number of hydrogen-bond donors (Lipinski definition) is 1. The summed E-state index contributed by atoms with van der Waals surface area (Å²) in [4.78, 5) is 31.5. The van der Waals surface area contributed by atoms with Crippen molar-refractivity contribution >= 4 is 28.8 Å². The molecule has 2 aromatic rings. The molecule has 2 aliphatic heterocycles. The van der Waals surface area contributed by atoms with Gasteiger partial charge >= 0.3 is 0 Å². The number of nitrogens with one attached hydrogen (secondary N) is 1. The van der Waals surface area contributed by atoms with Crippen LogP contribution in [-0.2, 0) is 4.79 Å². The molecule has 4 heterocycles. The molecule has 22 heavy (non-hydrogen) atoms. The first-order valence-electron chi connectivity index (χ1n) is 7.42. The third-order valence-electron chi connectivity index (χ3n) is 4.71. The minimum Gasteiger partial charge on any atom is -0.367 e. The Bertz CT molecular complexity index is 695. The fraction of sp³-hybridized carbons (Fsp3) is 0.375. The second kappa shape index (κ2) is 4.98. The van der Waals surface area contributed by atoms with Gasteiger partial charge in [-0.05, 0) is 23.9 Å². The molecule has 5 nitrogen and oxygen atoms in total. The maximum Gasteiger partial charge on any atom is 0.255 e. The zero-order valence-electron chi connectivity index (χ0n) is 12.1. The van der Waals surface area contributed by atoms with E-state index >= 15 is 0 Å². The van der Waals surface area contributed by atoms with Crippen molar-refractivity contribution in [1.29, 1.82) is 0 Å². The number of thiophene rings is 1. The molecular formula is C16H17N3O2S. The van der Waals surface area contributed by atoms with E-state index in [1.807, 2.05) is 26.6 Å². The molecule has 1 atom stereocenters. The predicted octanol–water partition coefficient (Wildman–Crippen LogP) is 2.35. The highest BCUT2D eigenvalue weighted by atomic mass is 32.1. The summed E-state index contributed by atoms with van der Waals surface area (Å²) in [6.07, 6.45) is 4.93. The minimum atomic E-state index is -0.0784. The summed E-state index contributed by atoms with van der Waals surface area (Å²) in [6, 6.07) is 3.78. The van der Waals surface area contributed by atoms with Gasteiger partial charge in [-0.1, -0.05) is 0 Å². The van der Waals surface area contributed by atoms with Crippen LogP contribution in [0.5, 0.6) is 0 Å². The predicted molar refractivity (Wildman–Crippen MR) is 85.0 cm³/mol. The largest absolute Gasteiger partial charge is 0.367 e. The van der Waals surface area contributed by atoms with Gasteiger partial charge in [-0.25, -0.2) is 0 Å². The van der Waals surface area contributed by atoms with E-state index in [2.05, 4.69) is 4.98 Å². The van der Waals surface area contributed by atoms with Crippen LogP contribution in [0.4, 0.5) is 5.69 Å². The van der Waals surface area contributed by atoms with E-state index in [1.165, 1.54) is 0 Å². The van der Waals surface area contributed by atoms with Crippen LogP contribution in [0.15, 0.2) is 35.3 Å². The highest BCUT2D eigenvalue weighted by molar-refractivity contribution is 7.08. The Morgan fingerprint density at radius 1 is 1.32 bits per heavy atom. The Hall–Kier alpha value is -2.08. The van der Waals surface area contributed by atoms with Gasteiger partial charge in [0.25, 0.3) is 5.91 Å². The Balaban J connectivity index is 1.50. The second-order valence-electron chi connectivity index (χ2n) is 6.21. The minimum absolute atomic E-state index is 0.0551. The van der Waals surface area contributed by atoms with Gasteiger partial charge < -0.3 is 14.8 Å². The molecule has 1 spiro atoms. The highest BCUT2D eigenvalue weighted by Crippen LogP contribution is 2.42. The normalized spacial score (nSPS) is 24.6. The zero-order valence-corrected chi connectivity index (χ0v) is 12.9. The number of carbonyl (C=O) groups is 2. The van der Waals surface area contributed by atoms with Gasteiger partial charge in [0.15, 0.2) is 0 Å². The van der Waals surface area contributed by atoms with Crippen LogP contribution in [0.1, 0.15) is 23.2 Å². The molecule has 6 heteroatoms. The maximum absolute atomic E-state index is 12.4. The topological polar surface area (TPSA) is 56.4 Å². The van der Waals surface area contributed by atoms with Crippen LogP contribution in [0.3, 0.4) is 0 Å². The summed E-state index contributed by atoms with van der Waals surface area (Å²) in [6.45, 7) is 2.12. The average molecular weight is 315 g/mol. The fourth-order valence-electron chi connectivity index (χ4n) is 3.56.